The highest BCUT2D eigenvalue weighted by Crippen LogP contribution is 2.07. The van der Waals surface area contributed by atoms with Gasteiger partial charge in [0.2, 0.25) is 5.91 Å². The van der Waals surface area contributed by atoms with Crippen molar-refractivity contribution >= 4 is 11.9 Å². The molecule has 5 heteroatoms. The van der Waals surface area contributed by atoms with Crippen LogP contribution in [0.1, 0.15) is 15.9 Å². The topological polar surface area (TPSA) is 67.4 Å². The van der Waals surface area contributed by atoms with E-state index in [2.05, 4.69) is 15.4 Å². The van der Waals surface area contributed by atoms with Crippen molar-refractivity contribution in [2.75, 3.05) is 20.2 Å². The van der Waals surface area contributed by atoms with E-state index in [0.717, 1.165) is 18.7 Å². The van der Waals surface area contributed by atoms with Crippen LogP contribution in [-0.4, -0.2) is 32.1 Å². The predicted octanol–water partition coefficient (Wildman–Crippen LogP) is 0.309. The van der Waals surface area contributed by atoms with E-state index in [1.807, 2.05) is 12.1 Å². The van der Waals surface area contributed by atoms with Crippen LogP contribution in [0.5, 0.6) is 0 Å². The number of amides is 1. The normalized spacial score (nSPS) is 14.7. The molecule has 2 rings (SSSR count). The average Bonchev–Trinajstić information content (AvgIpc) is 2.34. The Morgan fingerprint density at radius 3 is 2.50 bits per heavy atom. The summed E-state index contributed by atoms with van der Waals surface area (Å²) in [7, 11) is 1.35. The quantitative estimate of drug-likeness (QED) is 0.752. The highest BCUT2D eigenvalue weighted by molar-refractivity contribution is 5.89. The van der Waals surface area contributed by atoms with Crippen LogP contribution >= 0.6 is 0 Å². The van der Waals surface area contributed by atoms with Crippen LogP contribution in [0.3, 0.4) is 0 Å². The Balaban J connectivity index is 1.86. The molecule has 0 bridgehead atoms. The van der Waals surface area contributed by atoms with Crippen LogP contribution in [0.4, 0.5) is 0 Å². The average molecular weight is 248 g/mol. The molecule has 1 saturated heterocycles. The van der Waals surface area contributed by atoms with E-state index in [-0.39, 0.29) is 17.8 Å². The molecule has 1 fully saturated rings. The highest BCUT2D eigenvalue weighted by Gasteiger charge is 2.24. The van der Waals surface area contributed by atoms with Crippen molar-refractivity contribution in [2.45, 2.75) is 6.54 Å². The minimum atomic E-state index is -0.355. The van der Waals surface area contributed by atoms with Crippen LogP contribution in [0.2, 0.25) is 0 Å². The molecule has 5 nitrogen and oxygen atoms in total. The number of hydrogen-bond acceptors (Lipinski definition) is 4. The lowest BCUT2D eigenvalue weighted by Crippen LogP contribution is -2.50. The molecule has 1 aromatic carbocycles. The first-order valence-corrected chi connectivity index (χ1v) is 5.86. The molecular formula is C13H16N2O3. The summed E-state index contributed by atoms with van der Waals surface area (Å²) in [5, 5.41) is 5.92. The van der Waals surface area contributed by atoms with Gasteiger partial charge in [-0.05, 0) is 17.7 Å². The SMILES string of the molecule is COC(=O)c1ccc(CNC(=O)C2CNC2)cc1. The predicted molar refractivity (Wildman–Crippen MR) is 66.0 cm³/mol. The van der Waals surface area contributed by atoms with Gasteiger partial charge in [-0.2, -0.15) is 0 Å². The van der Waals surface area contributed by atoms with E-state index in [9.17, 15) is 9.59 Å². The molecule has 1 aromatic rings. The second-order valence-electron chi connectivity index (χ2n) is 4.26. The summed E-state index contributed by atoms with van der Waals surface area (Å²) >= 11 is 0. The van der Waals surface area contributed by atoms with Crippen molar-refractivity contribution in [1.82, 2.24) is 10.6 Å². The summed E-state index contributed by atoms with van der Waals surface area (Å²) in [5.41, 5.74) is 1.47. The standard InChI is InChI=1S/C13H16N2O3/c1-18-13(17)10-4-2-9(3-5-10)6-15-12(16)11-7-14-8-11/h2-5,11,14H,6-8H2,1H3,(H,15,16). The summed E-state index contributed by atoms with van der Waals surface area (Å²) in [6, 6.07) is 7.01. The van der Waals surface area contributed by atoms with Crippen LogP contribution in [0.15, 0.2) is 24.3 Å². The van der Waals surface area contributed by atoms with Gasteiger partial charge in [-0.1, -0.05) is 12.1 Å². The van der Waals surface area contributed by atoms with Crippen molar-refractivity contribution in [3.8, 4) is 0 Å². The van der Waals surface area contributed by atoms with Crippen LogP contribution in [-0.2, 0) is 16.1 Å². The number of carbonyl (C=O) groups excluding carboxylic acids is 2. The van der Waals surface area contributed by atoms with E-state index >= 15 is 0 Å². The van der Waals surface area contributed by atoms with Crippen LogP contribution in [0.25, 0.3) is 0 Å². The first kappa shape index (κ1) is 12.6. The number of carbonyl (C=O) groups is 2. The van der Waals surface area contributed by atoms with Crippen molar-refractivity contribution in [1.29, 1.82) is 0 Å². The number of methoxy groups -OCH3 is 1. The Labute approximate surface area is 106 Å². The number of benzene rings is 1. The molecule has 2 N–H and O–H groups in total. The molecule has 0 saturated carbocycles. The molecule has 96 valence electrons. The van der Waals surface area contributed by atoms with E-state index in [1.165, 1.54) is 7.11 Å². The van der Waals surface area contributed by atoms with Gasteiger partial charge in [0.15, 0.2) is 0 Å². The maximum Gasteiger partial charge on any atom is 0.337 e. The Morgan fingerprint density at radius 2 is 2.00 bits per heavy atom. The Hall–Kier alpha value is -1.88. The number of nitrogens with one attached hydrogen (secondary N) is 2. The van der Waals surface area contributed by atoms with Gasteiger partial charge in [0, 0.05) is 19.6 Å². The van der Waals surface area contributed by atoms with E-state index in [4.69, 9.17) is 0 Å². The molecule has 1 aliphatic heterocycles. The second-order valence-corrected chi connectivity index (χ2v) is 4.26. The first-order valence-electron chi connectivity index (χ1n) is 5.86. The fourth-order valence-corrected chi connectivity index (χ4v) is 1.68. The fraction of sp³-hybridized carbons (Fsp3) is 0.385. The molecule has 18 heavy (non-hydrogen) atoms. The summed E-state index contributed by atoms with van der Waals surface area (Å²) in [6.45, 7) is 2.00. The third-order valence-electron chi connectivity index (χ3n) is 2.99. The molecule has 0 aromatic heterocycles. The van der Waals surface area contributed by atoms with Gasteiger partial charge >= 0.3 is 5.97 Å². The fourth-order valence-electron chi connectivity index (χ4n) is 1.68. The zero-order valence-electron chi connectivity index (χ0n) is 10.2. The lowest BCUT2D eigenvalue weighted by Gasteiger charge is -2.25. The number of ether oxygens (including phenoxy) is 1. The van der Waals surface area contributed by atoms with Crippen molar-refractivity contribution in [2.24, 2.45) is 5.92 Å². The zero-order chi connectivity index (χ0) is 13.0. The highest BCUT2D eigenvalue weighted by atomic mass is 16.5. The maximum atomic E-state index is 11.6. The molecule has 1 aliphatic rings. The molecular weight excluding hydrogens is 232 g/mol. The summed E-state index contributed by atoms with van der Waals surface area (Å²) in [4.78, 5) is 22.8. The third kappa shape index (κ3) is 2.87. The largest absolute Gasteiger partial charge is 0.465 e. The van der Waals surface area contributed by atoms with Crippen LogP contribution in [0, 0.1) is 5.92 Å². The van der Waals surface area contributed by atoms with Crippen molar-refractivity contribution in [3.05, 3.63) is 35.4 Å². The second kappa shape index (κ2) is 5.64. The van der Waals surface area contributed by atoms with Gasteiger partial charge in [-0.15, -0.1) is 0 Å². The van der Waals surface area contributed by atoms with Gasteiger partial charge in [0.25, 0.3) is 0 Å². The van der Waals surface area contributed by atoms with Crippen molar-refractivity contribution < 1.29 is 14.3 Å². The Kier molecular flexibility index (Phi) is 3.94. The molecule has 0 spiro atoms. The van der Waals surface area contributed by atoms with E-state index in [0.29, 0.717) is 12.1 Å². The summed E-state index contributed by atoms with van der Waals surface area (Å²) < 4.78 is 4.61. The minimum absolute atomic E-state index is 0.0748. The number of esters is 1. The molecule has 0 unspecified atom stereocenters. The lowest BCUT2D eigenvalue weighted by molar-refractivity contribution is -0.126. The molecule has 0 radical (unpaired) electrons. The minimum Gasteiger partial charge on any atom is -0.465 e. The van der Waals surface area contributed by atoms with Gasteiger partial charge in [0.1, 0.15) is 0 Å². The van der Waals surface area contributed by atoms with Crippen molar-refractivity contribution in [3.63, 3.8) is 0 Å². The number of rotatable bonds is 4. The molecule has 1 heterocycles. The van der Waals surface area contributed by atoms with Crippen LogP contribution < -0.4 is 10.6 Å². The molecule has 0 aliphatic carbocycles. The smallest absolute Gasteiger partial charge is 0.337 e. The molecule has 0 atom stereocenters. The third-order valence-corrected chi connectivity index (χ3v) is 2.99. The Morgan fingerprint density at radius 1 is 1.33 bits per heavy atom. The van der Waals surface area contributed by atoms with Gasteiger partial charge in [-0.3, -0.25) is 4.79 Å². The maximum absolute atomic E-state index is 11.6. The van der Waals surface area contributed by atoms with E-state index in [1.54, 1.807) is 12.1 Å². The summed E-state index contributed by atoms with van der Waals surface area (Å²) in [5.74, 6) is -0.184. The first-order chi connectivity index (χ1) is 8.70. The summed E-state index contributed by atoms with van der Waals surface area (Å²) in [6.07, 6.45) is 0. The monoisotopic (exact) mass is 248 g/mol. The zero-order valence-corrected chi connectivity index (χ0v) is 10.2. The lowest BCUT2D eigenvalue weighted by atomic mass is 10.0. The Bertz CT molecular complexity index is 438. The van der Waals surface area contributed by atoms with Gasteiger partial charge < -0.3 is 15.4 Å². The van der Waals surface area contributed by atoms with Gasteiger partial charge in [0.05, 0.1) is 18.6 Å². The van der Waals surface area contributed by atoms with E-state index < -0.39 is 0 Å². The van der Waals surface area contributed by atoms with Gasteiger partial charge in [-0.25, -0.2) is 4.79 Å². The molecule has 1 amide bonds. The number of hydrogen-bond donors (Lipinski definition) is 2.